The molecule has 2 saturated heterocycles. The maximum atomic E-state index is 5.57. The van der Waals surface area contributed by atoms with Crippen LogP contribution in [-0.4, -0.2) is 76.4 Å². The SMILES string of the molecule is COc1cc(CN2CCC[C@H](N3CCN(c4ccccc4OC)CC3)C2)cc(OC)c1. The predicted octanol–water partition coefficient (Wildman–Crippen LogP) is 3.50. The Labute approximate surface area is 186 Å². The first kappa shape index (κ1) is 21.8. The van der Waals surface area contributed by atoms with Crippen LogP contribution in [0, 0.1) is 0 Å². The Bertz CT molecular complexity index is 829. The van der Waals surface area contributed by atoms with Gasteiger partial charge in [-0.1, -0.05) is 12.1 Å². The molecule has 0 aliphatic carbocycles. The molecule has 2 fully saturated rings. The highest BCUT2D eigenvalue weighted by molar-refractivity contribution is 5.58. The van der Waals surface area contributed by atoms with Crippen LogP contribution in [0.25, 0.3) is 0 Å². The van der Waals surface area contributed by atoms with Crippen molar-refractivity contribution >= 4 is 5.69 Å². The molecule has 0 unspecified atom stereocenters. The first-order valence-corrected chi connectivity index (χ1v) is 11.3. The number of piperazine rings is 1. The number of piperidine rings is 1. The van der Waals surface area contributed by atoms with Crippen LogP contribution in [0.2, 0.25) is 0 Å². The minimum absolute atomic E-state index is 0.626. The minimum atomic E-state index is 0.626. The molecule has 0 bridgehead atoms. The van der Waals surface area contributed by atoms with Gasteiger partial charge in [0.2, 0.25) is 0 Å². The van der Waals surface area contributed by atoms with E-state index < -0.39 is 0 Å². The van der Waals surface area contributed by atoms with Gasteiger partial charge in [-0.25, -0.2) is 0 Å². The van der Waals surface area contributed by atoms with Crippen molar-refractivity contribution in [3.05, 3.63) is 48.0 Å². The van der Waals surface area contributed by atoms with Crippen molar-refractivity contribution < 1.29 is 14.2 Å². The van der Waals surface area contributed by atoms with Gasteiger partial charge in [0.1, 0.15) is 17.2 Å². The van der Waals surface area contributed by atoms with E-state index in [9.17, 15) is 0 Å². The lowest BCUT2D eigenvalue weighted by molar-refractivity contribution is 0.0886. The Morgan fingerprint density at radius 3 is 2.23 bits per heavy atom. The van der Waals surface area contributed by atoms with E-state index in [0.717, 1.165) is 63.1 Å². The van der Waals surface area contributed by atoms with Gasteiger partial charge in [-0.3, -0.25) is 9.80 Å². The van der Waals surface area contributed by atoms with Crippen molar-refractivity contribution in [3.63, 3.8) is 0 Å². The minimum Gasteiger partial charge on any atom is -0.497 e. The molecule has 0 spiro atoms. The van der Waals surface area contributed by atoms with Crippen LogP contribution in [0.15, 0.2) is 42.5 Å². The van der Waals surface area contributed by atoms with Gasteiger partial charge in [-0.05, 0) is 49.2 Å². The molecular weight excluding hydrogens is 390 g/mol. The molecule has 6 nitrogen and oxygen atoms in total. The zero-order valence-electron chi connectivity index (χ0n) is 19.0. The summed E-state index contributed by atoms with van der Waals surface area (Å²) < 4.78 is 16.5. The summed E-state index contributed by atoms with van der Waals surface area (Å²) in [7, 11) is 5.17. The van der Waals surface area contributed by atoms with Crippen LogP contribution in [0.1, 0.15) is 18.4 Å². The number of hydrogen-bond donors (Lipinski definition) is 0. The molecule has 2 aromatic rings. The molecule has 1 atom stereocenters. The number of likely N-dealkylation sites (tertiary alicyclic amines) is 1. The summed E-state index contributed by atoms with van der Waals surface area (Å²) in [5.74, 6) is 2.68. The van der Waals surface area contributed by atoms with Gasteiger partial charge < -0.3 is 19.1 Å². The number of methoxy groups -OCH3 is 3. The smallest absolute Gasteiger partial charge is 0.142 e. The number of para-hydroxylation sites is 2. The lowest BCUT2D eigenvalue weighted by Crippen LogP contribution is -2.55. The van der Waals surface area contributed by atoms with E-state index in [1.54, 1.807) is 21.3 Å². The molecule has 4 rings (SSSR count). The highest BCUT2D eigenvalue weighted by Crippen LogP contribution is 2.30. The van der Waals surface area contributed by atoms with Crippen LogP contribution in [0.3, 0.4) is 0 Å². The van der Waals surface area contributed by atoms with Crippen LogP contribution in [0.5, 0.6) is 17.2 Å². The van der Waals surface area contributed by atoms with Crippen molar-refractivity contribution in [1.29, 1.82) is 0 Å². The Kier molecular flexibility index (Phi) is 7.20. The van der Waals surface area contributed by atoms with Gasteiger partial charge in [0, 0.05) is 51.4 Å². The van der Waals surface area contributed by atoms with Gasteiger partial charge >= 0.3 is 0 Å². The standard InChI is InChI=1S/C25H35N3O3/c1-29-22-15-20(16-23(17-22)30-2)18-26-10-6-7-21(19-26)27-11-13-28(14-12-27)24-8-4-5-9-25(24)31-3/h4-5,8-9,15-17,21H,6-7,10-14,18-19H2,1-3H3/t21-/m0/s1. The Hall–Kier alpha value is -2.44. The molecule has 2 aromatic carbocycles. The van der Waals surface area contributed by atoms with Crippen molar-refractivity contribution in [1.82, 2.24) is 9.80 Å². The molecule has 2 aliphatic heterocycles. The highest BCUT2D eigenvalue weighted by Gasteiger charge is 2.29. The van der Waals surface area contributed by atoms with Crippen molar-refractivity contribution in [2.24, 2.45) is 0 Å². The van der Waals surface area contributed by atoms with Crippen LogP contribution >= 0.6 is 0 Å². The summed E-state index contributed by atoms with van der Waals surface area (Å²) in [4.78, 5) is 7.72. The summed E-state index contributed by atoms with van der Waals surface area (Å²) in [5, 5.41) is 0. The second-order valence-electron chi connectivity index (χ2n) is 8.45. The van der Waals surface area contributed by atoms with Crippen LogP contribution in [0.4, 0.5) is 5.69 Å². The van der Waals surface area contributed by atoms with E-state index in [0.29, 0.717) is 6.04 Å². The molecule has 31 heavy (non-hydrogen) atoms. The van der Waals surface area contributed by atoms with E-state index in [-0.39, 0.29) is 0 Å². The monoisotopic (exact) mass is 425 g/mol. The Balaban J connectivity index is 1.34. The summed E-state index contributed by atoms with van der Waals surface area (Å²) in [5.41, 5.74) is 2.46. The molecule has 0 N–H and O–H groups in total. The van der Waals surface area contributed by atoms with Gasteiger partial charge in [0.15, 0.2) is 0 Å². The molecule has 0 aromatic heterocycles. The third-order valence-electron chi connectivity index (χ3n) is 6.55. The fraction of sp³-hybridized carbons (Fsp3) is 0.520. The molecule has 2 aliphatic rings. The third kappa shape index (κ3) is 5.25. The number of nitrogens with zero attached hydrogens (tertiary/aromatic N) is 3. The van der Waals surface area contributed by atoms with Crippen LogP contribution in [-0.2, 0) is 6.54 Å². The van der Waals surface area contributed by atoms with Gasteiger partial charge in [-0.15, -0.1) is 0 Å². The van der Waals surface area contributed by atoms with Crippen molar-refractivity contribution in [3.8, 4) is 17.2 Å². The van der Waals surface area contributed by atoms with Gasteiger partial charge in [0.05, 0.1) is 27.0 Å². The number of ether oxygens (including phenoxy) is 3. The zero-order valence-corrected chi connectivity index (χ0v) is 19.0. The average Bonchev–Trinajstić information content (AvgIpc) is 2.84. The van der Waals surface area contributed by atoms with E-state index in [4.69, 9.17) is 14.2 Å². The maximum absolute atomic E-state index is 5.57. The molecule has 0 amide bonds. The highest BCUT2D eigenvalue weighted by atomic mass is 16.5. The first-order chi connectivity index (χ1) is 15.2. The Morgan fingerprint density at radius 1 is 0.839 bits per heavy atom. The lowest BCUT2D eigenvalue weighted by Gasteiger charge is -2.44. The fourth-order valence-corrected chi connectivity index (χ4v) is 4.91. The number of anilines is 1. The molecule has 6 heteroatoms. The Morgan fingerprint density at radius 2 is 1.55 bits per heavy atom. The summed E-state index contributed by atoms with van der Waals surface area (Å²) >= 11 is 0. The van der Waals surface area contributed by atoms with Crippen molar-refractivity contribution in [2.75, 3.05) is 65.5 Å². The second kappa shape index (κ2) is 10.2. The number of benzene rings is 2. The predicted molar refractivity (Wildman–Crippen MR) is 125 cm³/mol. The summed E-state index contributed by atoms with van der Waals surface area (Å²) in [6.45, 7) is 7.50. The quantitative estimate of drug-likeness (QED) is 0.676. The van der Waals surface area contributed by atoms with E-state index in [2.05, 4.69) is 39.0 Å². The second-order valence-corrected chi connectivity index (χ2v) is 8.45. The third-order valence-corrected chi connectivity index (χ3v) is 6.55. The summed E-state index contributed by atoms with van der Waals surface area (Å²) in [6.07, 6.45) is 2.53. The van der Waals surface area contributed by atoms with E-state index >= 15 is 0 Å². The van der Waals surface area contributed by atoms with Crippen LogP contribution < -0.4 is 19.1 Å². The van der Waals surface area contributed by atoms with E-state index in [1.807, 2.05) is 18.2 Å². The van der Waals surface area contributed by atoms with E-state index in [1.165, 1.54) is 24.1 Å². The zero-order chi connectivity index (χ0) is 21.6. The summed E-state index contributed by atoms with van der Waals surface area (Å²) in [6, 6.07) is 15.2. The fourth-order valence-electron chi connectivity index (χ4n) is 4.91. The largest absolute Gasteiger partial charge is 0.497 e. The molecule has 168 valence electrons. The maximum Gasteiger partial charge on any atom is 0.142 e. The molecular formula is C25H35N3O3. The average molecular weight is 426 g/mol. The topological polar surface area (TPSA) is 37.4 Å². The number of hydrogen-bond acceptors (Lipinski definition) is 6. The normalized spacial score (nSPS) is 20.5. The van der Waals surface area contributed by atoms with Gasteiger partial charge in [0.25, 0.3) is 0 Å². The molecule has 0 saturated carbocycles. The molecule has 2 heterocycles. The van der Waals surface area contributed by atoms with Gasteiger partial charge in [-0.2, -0.15) is 0 Å². The van der Waals surface area contributed by atoms with Crippen molar-refractivity contribution in [2.45, 2.75) is 25.4 Å². The number of rotatable bonds is 7. The lowest BCUT2D eigenvalue weighted by atomic mass is 10.0. The first-order valence-electron chi connectivity index (χ1n) is 11.3. The molecule has 0 radical (unpaired) electrons.